The molecule has 35 heavy (non-hydrogen) atoms. The fourth-order valence-electron chi connectivity index (χ4n) is 4.23. The molecular weight excluding hydrogens is 454 g/mol. The monoisotopic (exact) mass is 478 g/mol. The average Bonchev–Trinajstić information content (AvgIpc) is 2.84. The van der Waals surface area contributed by atoms with Crippen LogP contribution in [-0.2, 0) is 6.42 Å². The summed E-state index contributed by atoms with van der Waals surface area (Å²) in [5.74, 6) is 0.166. The van der Waals surface area contributed by atoms with Crippen LogP contribution in [0.15, 0.2) is 53.5 Å². The van der Waals surface area contributed by atoms with E-state index < -0.39 is 11.6 Å². The Balaban J connectivity index is 1.41. The second-order valence-electron chi connectivity index (χ2n) is 8.51. The summed E-state index contributed by atoms with van der Waals surface area (Å²) in [5.41, 5.74) is 1.79. The molecule has 9 heteroatoms. The van der Waals surface area contributed by atoms with Gasteiger partial charge in [0.2, 0.25) is 0 Å². The summed E-state index contributed by atoms with van der Waals surface area (Å²) in [5, 5.41) is 3.72. The lowest BCUT2D eigenvalue weighted by Crippen LogP contribution is -2.37. The van der Waals surface area contributed by atoms with E-state index in [1.165, 1.54) is 19.2 Å². The maximum Gasteiger partial charge on any atom is 0.258 e. The lowest BCUT2D eigenvalue weighted by molar-refractivity contribution is 0.161. The number of ether oxygens (including phenoxy) is 2. The van der Waals surface area contributed by atoms with Crippen LogP contribution in [0, 0.1) is 11.6 Å². The lowest BCUT2D eigenvalue weighted by Gasteiger charge is -2.24. The Bertz CT molecular complexity index is 1400. The van der Waals surface area contributed by atoms with E-state index in [2.05, 4.69) is 20.3 Å². The van der Waals surface area contributed by atoms with Gasteiger partial charge >= 0.3 is 0 Å². The first-order valence-electron chi connectivity index (χ1n) is 11.4. The van der Waals surface area contributed by atoms with Gasteiger partial charge in [-0.25, -0.2) is 13.8 Å². The van der Waals surface area contributed by atoms with Crippen LogP contribution in [0.1, 0.15) is 24.2 Å². The van der Waals surface area contributed by atoms with E-state index in [9.17, 15) is 13.6 Å². The molecule has 3 heterocycles. The molecule has 4 aromatic rings. The molecule has 1 saturated heterocycles. The van der Waals surface area contributed by atoms with Gasteiger partial charge in [-0.2, -0.15) is 0 Å². The molecule has 0 spiro atoms. The van der Waals surface area contributed by atoms with Crippen molar-refractivity contribution in [1.82, 2.24) is 20.3 Å². The van der Waals surface area contributed by atoms with Crippen molar-refractivity contribution in [2.75, 3.05) is 20.2 Å². The highest BCUT2D eigenvalue weighted by Gasteiger charge is 2.18. The molecule has 1 aliphatic rings. The molecule has 1 atom stereocenters. The Morgan fingerprint density at radius 1 is 1.09 bits per heavy atom. The van der Waals surface area contributed by atoms with Crippen LogP contribution in [0.5, 0.6) is 11.5 Å². The van der Waals surface area contributed by atoms with Gasteiger partial charge in [-0.15, -0.1) is 0 Å². The molecule has 0 aliphatic carbocycles. The molecule has 1 fully saturated rings. The van der Waals surface area contributed by atoms with Crippen LogP contribution in [0.4, 0.5) is 8.78 Å². The van der Waals surface area contributed by atoms with Gasteiger partial charge in [0.15, 0.2) is 11.5 Å². The molecule has 0 bridgehead atoms. The van der Waals surface area contributed by atoms with E-state index in [-0.39, 0.29) is 11.7 Å². The van der Waals surface area contributed by atoms with E-state index >= 15 is 0 Å². The summed E-state index contributed by atoms with van der Waals surface area (Å²) in [6, 6.07) is 10.1. The second kappa shape index (κ2) is 9.79. The van der Waals surface area contributed by atoms with Gasteiger partial charge in [-0.05, 0) is 49.2 Å². The van der Waals surface area contributed by atoms with Gasteiger partial charge in [0.05, 0.1) is 23.7 Å². The molecule has 180 valence electrons. The van der Waals surface area contributed by atoms with Crippen molar-refractivity contribution in [2.24, 2.45) is 0 Å². The zero-order valence-electron chi connectivity index (χ0n) is 19.1. The lowest BCUT2D eigenvalue weighted by atomic mass is 10.1. The standard InChI is InChI=1S/C26H24F2N4O3/c1-34-23-11-20-22(12-24(23)35-19-3-2-6-29-14-19)31-25(32-26(20)33)7-15-4-5-21(30-13-15)16-8-17(27)10-18(28)9-16/h4-5,8-13,19,29H,2-3,6-7,14H2,1H3,(H,31,32,33). The summed E-state index contributed by atoms with van der Waals surface area (Å²) in [4.78, 5) is 24.5. The van der Waals surface area contributed by atoms with E-state index in [1.807, 2.05) is 0 Å². The fourth-order valence-corrected chi connectivity index (χ4v) is 4.23. The highest BCUT2D eigenvalue weighted by molar-refractivity contribution is 5.81. The van der Waals surface area contributed by atoms with Gasteiger partial charge in [0, 0.05) is 36.9 Å². The first-order valence-corrected chi connectivity index (χ1v) is 11.4. The molecule has 7 nitrogen and oxygen atoms in total. The highest BCUT2D eigenvalue weighted by atomic mass is 19.1. The summed E-state index contributed by atoms with van der Waals surface area (Å²) >= 11 is 0. The van der Waals surface area contributed by atoms with E-state index in [1.54, 1.807) is 30.5 Å². The van der Waals surface area contributed by atoms with Gasteiger partial charge in [0.1, 0.15) is 23.6 Å². The Kier molecular flexibility index (Phi) is 6.41. The summed E-state index contributed by atoms with van der Waals surface area (Å²) < 4.78 is 38.7. The van der Waals surface area contributed by atoms with Crippen molar-refractivity contribution < 1.29 is 18.3 Å². The number of hydrogen-bond acceptors (Lipinski definition) is 6. The van der Waals surface area contributed by atoms with Crippen LogP contribution < -0.4 is 20.3 Å². The molecule has 2 aromatic heterocycles. The number of benzene rings is 2. The van der Waals surface area contributed by atoms with E-state index in [0.717, 1.165) is 37.6 Å². The third kappa shape index (κ3) is 5.14. The Morgan fingerprint density at radius 3 is 2.60 bits per heavy atom. The zero-order chi connectivity index (χ0) is 24.4. The molecule has 1 aliphatic heterocycles. The van der Waals surface area contributed by atoms with Crippen LogP contribution in [0.3, 0.4) is 0 Å². The quantitative estimate of drug-likeness (QED) is 0.436. The van der Waals surface area contributed by atoms with Gasteiger partial charge in [-0.1, -0.05) is 6.07 Å². The highest BCUT2D eigenvalue weighted by Crippen LogP contribution is 2.32. The number of aromatic amines is 1. The number of piperidine rings is 1. The molecule has 1 unspecified atom stereocenters. The Hall–Kier alpha value is -3.85. The number of H-pyrrole nitrogens is 1. The number of nitrogens with zero attached hydrogens (tertiary/aromatic N) is 2. The van der Waals surface area contributed by atoms with E-state index in [4.69, 9.17) is 9.47 Å². The minimum Gasteiger partial charge on any atom is -0.493 e. The molecule has 2 aromatic carbocycles. The van der Waals surface area contributed by atoms with Crippen molar-refractivity contribution >= 4 is 10.9 Å². The van der Waals surface area contributed by atoms with Crippen molar-refractivity contribution in [1.29, 1.82) is 0 Å². The number of halogens is 2. The number of aromatic nitrogens is 3. The first-order chi connectivity index (χ1) is 17.0. The molecule has 2 N–H and O–H groups in total. The fraction of sp³-hybridized carbons (Fsp3) is 0.269. The van der Waals surface area contributed by atoms with Gasteiger partial charge in [-0.3, -0.25) is 9.78 Å². The topological polar surface area (TPSA) is 89.1 Å². The third-order valence-electron chi connectivity index (χ3n) is 5.94. The summed E-state index contributed by atoms with van der Waals surface area (Å²) in [6.45, 7) is 1.73. The predicted octanol–water partition coefficient (Wildman–Crippen LogP) is 3.99. The number of pyridine rings is 1. The smallest absolute Gasteiger partial charge is 0.258 e. The SMILES string of the molecule is COc1cc2c(=O)[nH]c(Cc3ccc(-c4cc(F)cc(F)c4)nc3)nc2cc1OC1CCCNC1. The van der Waals surface area contributed by atoms with E-state index in [0.29, 0.717) is 45.9 Å². The average molecular weight is 478 g/mol. The van der Waals surface area contributed by atoms with Crippen LogP contribution >= 0.6 is 0 Å². The number of nitrogens with one attached hydrogen (secondary N) is 2. The molecular formula is C26H24F2N4O3. The Labute approximate surface area is 200 Å². The Morgan fingerprint density at radius 2 is 1.91 bits per heavy atom. The summed E-state index contributed by atoms with van der Waals surface area (Å²) in [7, 11) is 1.54. The van der Waals surface area contributed by atoms with Gasteiger partial charge in [0.25, 0.3) is 5.56 Å². The largest absolute Gasteiger partial charge is 0.493 e. The minimum absolute atomic E-state index is 0.0210. The summed E-state index contributed by atoms with van der Waals surface area (Å²) in [6.07, 6.45) is 3.91. The molecule has 0 radical (unpaired) electrons. The van der Waals surface area contributed by atoms with Crippen LogP contribution in [0.2, 0.25) is 0 Å². The third-order valence-corrected chi connectivity index (χ3v) is 5.94. The normalized spacial score (nSPS) is 15.8. The maximum atomic E-state index is 13.5. The van der Waals surface area contributed by atoms with Crippen LogP contribution in [-0.4, -0.2) is 41.3 Å². The number of methoxy groups -OCH3 is 1. The zero-order valence-corrected chi connectivity index (χ0v) is 19.1. The van der Waals surface area contributed by atoms with Crippen molar-refractivity contribution in [3.05, 3.63) is 82.0 Å². The first kappa shape index (κ1) is 22.9. The number of rotatable bonds is 6. The van der Waals surface area contributed by atoms with Crippen LogP contribution in [0.25, 0.3) is 22.2 Å². The van der Waals surface area contributed by atoms with Crippen molar-refractivity contribution in [2.45, 2.75) is 25.4 Å². The minimum atomic E-state index is -0.663. The molecule has 0 amide bonds. The van der Waals surface area contributed by atoms with Crippen molar-refractivity contribution in [3.63, 3.8) is 0 Å². The predicted molar refractivity (Wildman–Crippen MR) is 128 cm³/mol. The maximum absolute atomic E-state index is 13.5. The number of hydrogen-bond donors (Lipinski definition) is 2. The molecule has 5 rings (SSSR count). The van der Waals surface area contributed by atoms with Gasteiger partial charge < -0.3 is 19.8 Å². The second-order valence-corrected chi connectivity index (χ2v) is 8.51. The molecule has 0 saturated carbocycles. The van der Waals surface area contributed by atoms with Crippen molar-refractivity contribution in [3.8, 4) is 22.8 Å². The number of fused-ring (bicyclic) bond motifs is 1.